The standard InChI is InChI=1S/C28H30FN5O7/c1-15(2)33(24(36)13-40-14-30-23(35)10-31-29)8-7-16-17-5-3-4-6-21(17)32-25-19(16)11-34-22(25)9-18-20(27(34)38)12-41-28(39)26(18)37/h3-6,9,15,26,31,37H,7-8,10-14H2,1-2H3,(H,30,35). The van der Waals surface area contributed by atoms with Gasteiger partial charge in [0.1, 0.15) is 26.5 Å². The zero-order chi connectivity index (χ0) is 29.3. The van der Waals surface area contributed by atoms with E-state index in [0.717, 1.165) is 16.5 Å². The highest BCUT2D eigenvalue weighted by atomic mass is 19.2. The Hall–Kier alpha value is -4.20. The number of rotatable bonds is 10. The molecule has 4 heterocycles. The summed E-state index contributed by atoms with van der Waals surface area (Å²) >= 11 is 0. The van der Waals surface area contributed by atoms with E-state index in [1.165, 1.54) is 5.54 Å². The molecule has 2 aliphatic rings. The number of carbonyl (C=O) groups is 3. The number of ether oxygens (including phenoxy) is 2. The number of halogens is 1. The van der Waals surface area contributed by atoms with Gasteiger partial charge in [-0.3, -0.25) is 14.4 Å². The lowest BCUT2D eigenvalue weighted by Crippen LogP contribution is -2.41. The summed E-state index contributed by atoms with van der Waals surface area (Å²) in [5.41, 5.74) is 4.96. The molecule has 0 bridgehead atoms. The zero-order valence-electron chi connectivity index (χ0n) is 22.6. The molecule has 1 aromatic carbocycles. The normalized spacial score (nSPS) is 15.3. The minimum atomic E-state index is -1.54. The number of carbonyl (C=O) groups excluding carboxylic acids is 3. The maximum atomic E-state index is 13.4. The number of aliphatic hydroxyl groups is 1. The van der Waals surface area contributed by atoms with Gasteiger partial charge in [0.05, 0.1) is 29.0 Å². The topological polar surface area (TPSA) is 152 Å². The van der Waals surface area contributed by atoms with Gasteiger partial charge in [-0.2, -0.15) is 0 Å². The summed E-state index contributed by atoms with van der Waals surface area (Å²) in [7, 11) is 0. The fraction of sp³-hybridized carbons (Fsp3) is 0.393. The number of esters is 1. The van der Waals surface area contributed by atoms with E-state index in [1.54, 1.807) is 15.5 Å². The van der Waals surface area contributed by atoms with Crippen LogP contribution in [-0.2, 0) is 43.4 Å². The second-order valence-corrected chi connectivity index (χ2v) is 10.1. The van der Waals surface area contributed by atoms with Crippen molar-refractivity contribution in [3.8, 4) is 11.4 Å². The van der Waals surface area contributed by atoms with E-state index in [0.29, 0.717) is 29.9 Å². The Morgan fingerprint density at radius 2 is 2.05 bits per heavy atom. The number of aliphatic hydroxyl groups excluding tert-OH is 1. The van der Waals surface area contributed by atoms with Gasteiger partial charge in [-0.15, -0.1) is 10.0 Å². The van der Waals surface area contributed by atoms with E-state index >= 15 is 0 Å². The molecule has 3 aromatic rings. The molecule has 0 radical (unpaired) electrons. The first-order chi connectivity index (χ1) is 19.7. The van der Waals surface area contributed by atoms with Crippen LogP contribution in [0.2, 0.25) is 0 Å². The number of cyclic esters (lactones) is 1. The molecular formula is C28H30FN5O7. The van der Waals surface area contributed by atoms with Gasteiger partial charge in [-0.05, 0) is 38.0 Å². The molecule has 0 fully saturated rings. The zero-order valence-corrected chi connectivity index (χ0v) is 22.6. The van der Waals surface area contributed by atoms with Gasteiger partial charge in [0.2, 0.25) is 11.8 Å². The molecule has 2 aromatic heterocycles. The van der Waals surface area contributed by atoms with Crippen LogP contribution in [0.1, 0.15) is 42.2 Å². The summed E-state index contributed by atoms with van der Waals surface area (Å²) in [5.74, 6) is -1.68. The number of amides is 2. The van der Waals surface area contributed by atoms with E-state index in [4.69, 9.17) is 14.5 Å². The molecule has 1 unspecified atom stereocenters. The number of benzene rings is 1. The Kier molecular flexibility index (Phi) is 8.10. The molecular weight excluding hydrogens is 537 g/mol. The lowest BCUT2D eigenvalue weighted by Gasteiger charge is -2.27. The molecule has 2 amide bonds. The molecule has 0 aliphatic carbocycles. The Morgan fingerprint density at radius 1 is 1.27 bits per heavy atom. The Labute approximate surface area is 234 Å². The smallest absolute Gasteiger partial charge is 0.340 e. The van der Waals surface area contributed by atoms with Crippen LogP contribution in [0, 0.1) is 0 Å². The highest BCUT2D eigenvalue weighted by molar-refractivity contribution is 5.88. The van der Waals surface area contributed by atoms with Gasteiger partial charge < -0.3 is 29.4 Å². The van der Waals surface area contributed by atoms with Crippen LogP contribution in [-0.4, -0.2) is 69.8 Å². The molecule has 0 saturated carbocycles. The molecule has 3 N–H and O–H groups in total. The monoisotopic (exact) mass is 567 g/mol. The molecule has 0 saturated heterocycles. The van der Waals surface area contributed by atoms with Crippen molar-refractivity contribution >= 4 is 28.7 Å². The van der Waals surface area contributed by atoms with Crippen molar-refractivity contribution in [2.45, 2.75) is 45.6 Å². The first-order valence-electron chi connectivity index (χ1n) is 13.2. The summed E-state index contributed by atoms with van der Waals surface area (Å²) in [6.07, 6.45) is -1.08. The fourth-order valence-corrected chi connectivity index (χ4v) is 5.32. The van der Waals surface area contributed by atoms with Crippen molar-refractivity contribution in [2.24, 2.45) is 0 Å². The predicted octanol–water partition coefficient (Wildman–Crippen LogP) is 0.859. The fourth-order valence-electron chi connectivity index (χ4n) is 5.32. The van der Waals surface area contributed by atoms with Crippen molar-refractivity contribution in [3.05, 3.63) is 62.9 Å². The van der Waals surface area contributed by atoms with Crippen LogP contribution in [0.4, 0.5) is 4.48 Å². The second-order valence-electron chi connectivity index (χ2n) is 10.1. The van der Waals surface area contributed by atoms with Crippen LogP contribution in [0.25, 0.3) is 22.3 Å². The van der Waals surface area contributed by atoms with Crippen LogP contribution in [0.5, 0.6) is 0 Å². The van der Waals surface area contributed by atoms with Crippen molar-refractivity contribution < 1.29 is 33.4 Å². The highest BCUT2D eigenvalue weighted by Gasteiger charge is 2.34. The minimum absolute atomic E-state index is 0.150. The third-order valence-corrected chi connectivity index (χ3v) is 7.35. The first-order valence-corrected chi connectivity index (χ1v) is 13.2. The van der Waals surface area contributed by atoms with Gasteiger partial charge in [0.15, 0.2) is 6.10 Å². The number of hydrogen-bond donors (Lipinski definition) is 3. The lowest BCUT2D eigenvalue weighted by atomic mass is 9.96. The summed E-state index contributed by atoms with van der Waals surface area (Å²) in [6.45, 7) is 3.15. The molecule has 41 heavy (non-hydrogen) atoms. The molecule has 5 rings (SSSR count). The quantitative estimate of drug-likeness (QED) is 0.110. The Bertz CT molecular complexity index is 1590. The van der Waals surface area contributed by atoms with Gasteiger partial charge in [0.25, 0.3) is 5.56 Å². The van der Waals surface area contributed by atoms with Crippen molar-refractivity contribution in [2.75, 3.05) is 26.4 Å². The minimum Gasteiger partial charge on any atom is -0.458 e. The maximum Gasteiger partial charge on any atom is 0.340 e. The van der Waals surface area contributed by atoms with Crippen LogP contribution < -0.4 is 16.4 Å². The van der Waals surface area contributed by atoms with E-state index in [1.807, 2.05) is 38.1 Å². The van der Waals surface area contributed by atoms with Gasteiger partial charge in [-0.25, -0.2) is 9.78 Å². The number of pyridine rings is 2. The van der Waals surface area contributed by atoms with Crippen molar-refractivity contribution in [1.82, 2.24) is 25.3 Å². The van der Waals surface area contributed by atoms with E-state index < -0.39 is 24.5 Å². The molecule has 12 nitrogen and oxygen atoms in total. The molecule has 216 valence electrons. The van der Waals surface area contributed by atoms with Crippen LogP contribution in [0.3, 0.4) is 0 Å². The number of hydrogen-bond acceptors (Lipinski definition) is 9. The predicted molar refractivity (Wildman–Crippen MR) is 144 cm³/mol. The van der Waals surface area contributed by atoms with E-state index in [2.05, 4.69) is 5.32 Å². The maximum absolute atomic E-state index is 13.4. The second kappa shape index (κ2) is 11.7. The Balaban J connectivity index is 1.43. The largest absolute Gasteiger partial charge is 0.458 e. The number of aromatic nitrogens is 2. The van der Waals surface area contributed by atoms with Crippen molar-refractivity contribution in [3.63, 3.8) is 0 Å². The van der Waals surface area contributed by atoms with Crippen LogP contribution in [0.15, 0.2) is 35.1 Å². The van der Waals surface area contributed by atoms with E-state index in [9.17, 15) is 28.8 Å². The van der Waals surface area contributed by atoms with Gasteiger partial charge in [0, 0.05) is 29.1 Å². The molecule has 1 atom stereocenters. The number of para-hydroxylation sites is 1. The third-order valence-electron chi connectivity index (χ3n) is 7.35. The number of nitrogens with one attached hydrogen (secondary N) is 2. The van der Waals surface area contributed by atoms with E-state index in [-0.39, 0.29) is 55.1 Å². The molecule has 2 aliphatic heterocycles. The van der Waals surface area contributed by atoms with Crippen LogP contribution >= 0.6 is 0 Å². The summed E-state index contributed by atoms with van der Waals surface area (Å²) in [6, 6.07) is 9.08. The highest BCUT2D eigenvalue weighted by Crippen LogP contribution is 2.38. The third kappa shape index (κ3) is 5.43. The summed E-state index contributed by atoms with van der Waals surface area (Å²) in [5, 5.41) is 13.6. The lowest BCUT2D eigenvalue weighted by molar-refractivity contribution is -0.157. The first kappa shape index (κ1) is 28.3. The number of nitrogens with zero attached hydrogens (tertiary/aromatic N) is 3. The summed E-state index contributed by atoms with van der Waals surface area (Å²) < 4.78 is 23.9. The Morgan fingerprint density at radius 3 is 2.80 bits per heavy atom. The SMILES string of the molecule is CC(C)N(CCc1c2c(nc3ccccc13)-c1cc3c(c(=O)n1C2)COC(=O)C3O)C(=O)COCNC(=O)CNF. The molecule has 0 spiro atoms. The summed E-state index contributed by atoms with van der Waals surface area (Å²) in [4.78, 5) is 56.2. The van der Waals surface area contributed by atoms with Gasteiger partial charge in [-0.1, -0.05) is 18.2 Å². The average molecular weight is 568 g/mol. The van der Waals surface area contributed by atoms with Gasteiger partial charge >= 0.3 is 5.97 Å². The van der Waals surface area contributed by atoms with Crippen molar-refractivity contribution in [1.29, 1.82) is 0 Å². The number of fused-ring (bicyclic) bond motifs is 5. The molecule has 13 heteroatoms. The average Bonchev–Trinajstić information content (AvgIpc) is 3.31.